The van der Waals surface area contributed by atoms with Crippen molar-refractivity contribution in [2.45, 2.75) is 20.4 Å². The minimum atomic E-state index is -0.242. The molecular weight excluding hydrogens is 331 g/mol. The maximum atomic E-state index is 13.0. The van der Waals surface area contributed by atoms with Crippen LogP contribution in [0.4, 0.5) is 21.8 Å². The average molecular weight is 352 g/mol. The highest BCUT2D eigenvalue weighted by Gasteiger charge is 2.04. The predicted molar refractivity (Wildman–Crippen MR) is 101 cm³/mol. The third kappa shape index (κ3) is 4.92. The normalized spacial score (nSPS) is 10.4. The van der Waals surface area contributed by atoms with Crippen LogP contribution in [0.1, 0.15) is 18.2 Å². The van der Waals surface area contributed by atoms with E-state index in [0.29, 0.717) is 24.9 Å². The van der Waals surface area contributed by atoms with Crippen LogP contribution in [0.15, 0.2) is 54.6 Å². The van der Waals surface area contributed by atoms with Crippen LogP contribution in [0.3, 0.4) is 0 Å². The topological polar surface area (TPSA) is 59.1 Å². The van der Waals surface area contributed by atoms with Crippen molar-refractivity contribution >= 4 is 17.5 Å². The van der Waals surface area contributed by atoms with Crippen LogP contribution < -0.4 is 15.4 Å². The van der Waals surface area contributed by atoms with E-state index >= 15 is 0 Å². The van der Waals surface area contributed by atoms with Crippen LogP contribution >= 0.6 is 0 Å². The molecule has 1 heterocycles. The van der Waals surface area contributed by atoms with Crippen molar-refractivity contribution in [1.82, 2.24) is 9.97 Å². The number of rotatable bonds is 7. The van der Waals surface area contributed by atoms with Gasteiger partial charge in [-0.05, 0) is 55.8 Å². The van der Waals surface area contributed by atoms with Crippen LogP contribution in [0, 0.1) is 12.7 Å². The molecule has 6 heteroatoms. The van der Waals surface area contributed by atoms with Gasteiger partial charge in [0.1, 0.15) is 17.4 Å². The number of hydrogen-bond acceptors (Lipinski definition) is 5. The molecule has 0 atom stereocenters. The summed E-state index contributed by atoms with van der Waals surface area (Å²) in [5.74, 6) is 1.80. The fraction of sp³-hybridized carbons (Fsp3) is 0.200. The molecule has 0 aliphatic heterocycles. The average Bonchev–Trinajstić information content (AvgIpc) is 2.63. The standard InChI is InChI=1S/C20H21FN4O/c1-3-26-18-10-8-17(9-11-18)24-20-23-14(2)12-19(25-20)22-13-15-4-6-16(21)7-5-15/h4-12H,3,13H2,1-2H3,(H2,22,23,24,25). The molecular formula is C20H21FN4O. The predicted octanol–water partition coefficient (Wildman–Crippen LogP) is 4.68. The summed E-state index contributed by atoms with van der Waals surface area (Å²) < 4.78 is 18.4. The summed E-state index contributed by atoms with van der Waals surface area (Å²) in [4.78, 5) is 8.89. The van der Waals surface area contributed by atoms with Crippen molar-refractivity contribution in [2.75, 3.05) is 17.2 Å². The molecule has 5 nitrogen and oxygen atoms in total. The quantitative estimate of drug-likeness (QED) is 0.647. The highest BCUT2D eigenvalue weighted by atomic mass is 19.1. The van der Waals surface area contributed by atoms with Crippen LogP contribution in [-0.2, 0) is 6.54 Å². The second kappa shape index (κ2) is 8.29. The third-order valence-corrected chi connectivity index (χ3v) is 3.66. The van der Waals surface area contributed by atoms with Crippen LogP contribution in [0.5, 0.6) is 5.75 Å². The zero-order chi connectivity index (χ0) is 18.4. The summed E-state index contributed by atoms with van der Waals surface area (Å²) in [6.45, 7) is 5.05. The second-order valence-electron chi connectivity index (χ2n) is 5.78. The first kappa shape index (κ1) is 17.7. The largest absolute Gasteiger partial charge is 0.494 e. The monoisotopic (exact) mass is 352 g/mol. The first-order valence-corrected chi connectivity index (χ1v) is 8.46. The third-order valence-electron chi connectivity index (χ3n) is 3.66. The smallest absolute Gasteiger partial charge is 0.229 e. The molecule has 0 saturated heterocycles. The summed E-state index contributed by atoms with van der Waals surface area (Å²) in [5, 5.41) is 6.43. The van der Waals surface area contributed by atoms with Gasteiger partial charge in [0.15, 0.2) is 0 Å². The van der Waals surface area contributed by atoms with Gasteiger partial charge in [0.05, 0.1) is 6.61 Å². The number of benzene rings is 2. The molecule has 0 aliphatic carbocycles. The van der Waals surface area contributed by atoms with Gasteiger partial charge < -0.3 is 15.4 Å². The number of halogens is 1. The Balaban J connectivity index is 1.67. The molecule has 2 N–H and O–H groups in total. The molecule has 3 rings (SSSR count). The molecule has 2 aromatic carbocycles. The van der Waals surface area contributed by atoms with Crippen LogP contribution in [-0.4, -0.2) is 16.6 Å². The molecule has 0 saturated carbocycles. The lowest BCUT2D eigenvalue weighted by Crippen LogP contribution is -2.05. The summed E-state index contributed by atoms with van der Waals surface area (Å²) >= 11 is 0. The Hall–Kier alpha value is -3.15. The first-order valence-electron chi connectivity index (χ1n) is 8.46. The Morgan fingerprint density at radius 2 is 1.73 bits per heavy atom. The van der Waals surface area contributed by atoms with E-state index in [4.69, 9.17) is 4.74 Å². The maximum absolute atomic E-state index is 13.0. The van der Waals surface area contributed by atoms with Gasteiger partial charge in [-0.3, -0.25) is 0 Å². The fourth-order valence-electron chi connectivity index (χ4n) is 2.44. The number of hydrogen-bond donors (Lipinski definition) is 2. The van der Waals surface area contributed by atoms with Crippen LogP contribution in [0.2, 0.25) is 0 Å². The van der Waals surface area contributed by atoms with E-state index in [1.807, 2.05) is 44.2 Å². The Labute approximate surface area is 152 Å². The van der Waals surface area contributed by atoms with Gasteiger partial charge in [0.25, 0.3) is 0 Å². The molecule has 0 unspecified atom stereocenters. The number of aryl methyl sites for hydroxylation is 1. The molecule has 0 bridgehead atoms. The molecule has 0 aliphatic rings. The first-order chi connectivity index (χ1) is 12.6. The molecule has 1 aromatic heterocycles. The van der Waals surface area contributed by atoms with E-state index < -0.39 is 0 Å². The maximum Gasteiger partial charge on any atom is 0.229 e. The number of nitrogens with zero attached hydrogens (tertiary/aromatic N) is 2. The molecule has 0 fully saturated rings. The van der Waals surface area contributed by atoms with Crippen molar-refractivity contribution in [3.8, 4) is 5.75 Å². The molecule has 0 spiro atoms. The van der Waals surface area contributed by atoms with Gasteiger partial charge in [0.2, 0.25) is 5.95 Å². The van der Waals surface area contributed by atoms with Crippen molar-refractivity contribution in [1.29, 1.82) is 0 Å². The zero-order valence-corrected chi connectivity index (χ0v) is 14.8. The van der Waals surface area contributed by atoms with E-state index in [-0.39, 0.29) is 5.82 Å². The van der Waals surface area contributed by atoms with Crippen molar-refractivity contribution in [3.05, 3.63) is 71.7 Å². The lowest BCUT2D eigenvalue weighted by Gasteiger charge is -2.11. The Kier molecular flexibility index (Phi) is 5.63. The number of anilines is 3. The van der Waals surface area contributed by atoms with E-state index in [2.05, 4.69) is 20.6 Å². The van der Waals surface area contributed by atoms with Gasteiger partial charge in [-0.25, -0.2) is 9.37 Å². The summed E-state index contributed by atoms with van der Waals surface area (Å²) in [6.07, 6.45) is 0. The minimum Gasteiger partial charge on any atom is -0.494 e. The molecule has 134 valence electrons. The number of nitrogens with one attached hydrogen (secondary N) is 2. The second-order valence-corrected chi connectivity index (χ2v) is 5.78. The van der Waals surface area contributed by atoms with Gasteiger partial charge in [-0.2, -0.15) is 4.98 Å². The van der Waals surface area contributed by atoms with Crippen LogP contribution in [0.25, 0.3) is 0 Å². The van der Waals surface area contributed by atoms with Gasteiger partial charge in [-0.1, -0.05) is 12.1 Å². The highest BCUT2D eigenvalue weighted by molar-refractivity contribution is 5.56. The lowest BCUT2D eigenvalue weighted by atomic mass is 10.2. The van der Waals surface area contributed by atoms with E-state index in [9.17, 15) is 4.39 Å². The highest BCUT2D eigenvalue weighted by Crippen LogP contribution is 2.19. The van der Waals surface area contributed by atoms with E-state index in [0.717, 1.165) is 22.7 Å². The van der Waals surface area contributed by atoms with E-state index in [1.54, 1.807) is 12.1 Å². The Bertz CT molecular complexity index is 851. The van der Waals surface area contributed by atoms with Crippen molar-refractivity contribution in [3.63, 3.8) is 0 Å². The van der Waals surface area contributed by atoms with Crippen molar-refractivity contribution in [2.24, 2.45) is 0 Å². The summed E-state index contributed by atoms with van der Waals surface area (Å²) in [5.41, 5.74) is 2.70. The zero-order valence-electron chi connectivity index (χ0n) is 14.8. The number of ether oxygens (including phenoxy) is 1. The van der Waals surface area contributed by atoms with Gasteiger partial charge >= 0.3 is 0 Å². The van der Waals surface area contributed by atoms with Crippen molar-refractivity contribution < 1.29 is 9.13 Å². The molecule has 26 heavy (non-hydrogen) atoms. The lowest BCUT2D eigenvalue weighted by molar-refractivity contribution is 0.340. The molecule has 0 amide bonds. The molecule has 0 radical (unpaired) electrons. The van der Waals surface area contributed by atoms with Gasteiger partial charge in [0, 0.05) is 24.0 Å². The summed E-state index contributed by atoms with van der Waals surface area (Å²) in [7, 11) is 0. The molecule has 3 aromatic rings. The fourth-order valence-corrected chi connectivity index (χ4v) is 2.44. The summed E-state index contributed by atoms with van der Waals surface area (Å²) in [6, 6.07) is 15.9. The Morgan fingerprint density at radius 1 is 1.00 bits per heavy atom. The SMILES string of the molecule is CCOc1ccc(Nc2nc(C)cc(NCc3ccc(F)cc3)n2)cc1. The number of aromatic nitrogens is 2. The minimum absolute atomic E-state index is 0.242. The van der Waals surface area contributed by atoms with E-state index in [1.165, 1.54) is 12.1 Å². The van der Waals surface area contributed by atoms with Gasteiger partial charge in [-0.15, -0.1) is 0 Å². The Morgan fingerprint density at radius 3 is 2.42 bits per heavy atom.